The molecule has 1 atom stereocenters. The molecule has 1 aliphatic rings. The Hall–Kier alpha value is -3.88. The molecule has 2 heterocycles. The first-order chi connectivity index (χ1) is 16.4. The fourth-order valence-electron chi connectivity index (χ4n) is 3.99. The summed E-state index contributed by atoms with van der Waals surface area (Å²) in [6.45, 7) is 4.71. The topological polar surface area (TPSA) is 85.7 Å². The number of rotatable bonds is 6. The first-order valence-corrected chi connectivity index (χ1v) is 11.2. The van der Waals surface area contributed by atoms with E-state index in [2.05, 4.69) is 15.3 Å². The number of hydrogen-bond acceptors (Lipinski definition) is 6. The van der Waals surface area contributed by atoms with Gasteiger partial charge in [0.05, 0.1) is 11.9 Å². The zero-order chi connectivity index (χ0) is 24.1. The van der Waals surface area contributed by atoms with Crippen molar-refractivity contribution in [2.24, 2.45) is 0 Å². The van der Waals surface area contributed by atoms with E-state index in [-0.39, 0.29) is 17.9 Å². The van der Waals surface area contributed by atoms with Crippen LogP contribution in [0.3, 0.4) is 0 Å². The van der Waals surface area contributed by atoms with E-state index in [9.17, 15) is 14.0 Å². The van der Waals surface area contributed by atoms with Crippen molar-refractivity contribution in [3.8, 4) is 5.69 Å². The van der Waals surface area contributed by atoms with Gasteiger partial charge in [-0.05, 0) is 36.8 Å². The number of amides is 1. The highest BCUT2D eigenvalue weighted by atomic mass is 19.1. The van der Waals surface area contributed by atoms with E-state index in [0.29, 0.717) is 5.69 Å². The summed E-state index contributed by atoms with van der Waals surface area (Å²) >= 11 is 0. The third-order valence-corrected chi connectivity index (χ3v) is 5.73. The second kappa shape index (κ2) is 10.4. The summed E-state index contributed by atoms with van der Waals surface area (Å²) in [5.41, 5.74) is 2.43. The lowest BCUT2D eigenvalue weighted by atomic mass is 10.1. The number of aromatic nitrogens is 2. The molecule has 1 fully saturated rings. The maximum absolute atomic E-state index is 14.4. The predicted octanol–water partition coefficient (Wildman–Crippen LogP) is 4.85. The highest BCUT2D eigenvalue weighted by molar-refractivity contribution is 5.84. The second-order valence-corrected chi connectivity index (χ2v) is 8.15. The Balaban J connectivity index is 1.40. The van der Waals surface area contributed by atoms with Crippen LogP contribution in [0, 0.1) is 5.82 Å². The normalized spacial score (nSPS) is 15.0. The minimum absolute atomic E-state index is 0.0435. The van der Waals surface area contributed by atoms with Crippen molar-refractivity contribution in [2.45, 2.75) is 38.9 Å². The first kappa shape index (κ1) is 23.3. The summed E-state index contributed by atoms with van der Waals surface area (Å²) in [6.07, 6.45) is 1.27. The van der Waals surface area contributed by atoms with Crippen molar-refractivity contribution >= 4 is 23.6 Å². The Kier molecular flexibility index (Phi) is 7.10. The molecular weight excluding hydrogens is 439 g/mol. The van der Waals surface area contributed by atoms with Crippen molar-refractivity contribution in [2.75, 3.05) is 23.3 Å². The molecule has 1 unspecified atom stereocenters. The summed E-state index contributed by atoms with van der Waals surface area (Å²) in [5.74, 6) is -1.02. The van der Waals surface area contributed by atoms with Gasteiger partial charge in [-0.2, -0.15) is 5.10 Å². The molecule has 4 rings (SSSR count). The molecule has 0 saturated carbocycles. The van der Waals surface area contributed by atoms with Gasteiger partial charge in [-0.1, -0.05) is 30.3 Å². The molecule has 0 radical (unpaired) electrons. The van der Waals surface area contributed by atoms with Gasteiger partial charge in [-0.25, -0.2) is 13.9 Å². The number of esters is 1. The molecule has 1 N–H and O–H groups in total. The van der Waals surface area contributed by atoms with Crippen LogP contribution in [-0.2, 0) is 14.3 Å². The van der Waals surface area contributed by atoms with E-state index >= 15 is 0 Å². The van der Waals surface area contributed by atoms with Crippen molar-refractivity contribution in [1.29, 1.82) is 0 Å². The van der Waals surface area contributed by atoms with Gasteiger partial charge < -0.3 is 14.4 Å². The average Bonchev–Trinajstić information content (AvgIpc) is 3.19. The molecule has 3 aromatic rings. The molecule has 1 aromatic heterocycles. The van der Waals surface area contributed by atoms with Crippen molar-refractivity contribution in [3.63, 3.8) is 0 Å². The molecule has 8 nitrogen and oxygen atoms in total. The van der Waals surface area contributed by atoms with Crippen LogP contribution >= 0.6 is 0 Å². The minimum atomic E-state index is -0.774. The number of ether oxygens (including phenoxy) is 2. The van der Waals surface area contributed by atoms with Gasteiger partial charge >= 0.3 is 12.1 Å². The number of halogens is 1. The molecule has 1 saturated heterocycles. The first-order valence-electron chi connectivity index (χ1n) is 11.2. The van der Waals surface area contributed by atoms with Gasteiger partial charge in [-0.3, -0.25) is 10.1 Å². The fraction of sp³-hybridized carbons (Fsp3) is 0.320. The molecular formula is C25H27FN4O4. The number of benzene rings is 2. The third-order valence-electron chi connectivity index (χ3n) is 5.73. The molecule has 9 heteroatoms. The zero-order valence-corrected chi connectivity index (χ0v) is 19.1. The maximum Gasteiger partial charge on any atom is 0.413 e. The van der Waals surface area contributed by atoms with Crippen LogP contribution in [0.15, 0.2) is 60.8 Å². The summed E-state index contributed by atoms with van der Waals surface area (Å²) in [5, 5.41) is 6.53. The number of nitrogens with one attached hydrogen (secondary N) is 1. The number of piperidine rings is 1. The van der Waals surface area contributed by atoms with Gasteiger partial charge in [0.15, 0.2) is 11.6 Å². The van der Waals surface area contributed by atoms with Crippen LogP contribution in [0.2, 0.25) is 0 Å². The van der Waals surface area contributed by atoms with Gasteiger partial charge in [0.25, 0.3) is 0 Å². The summed E-state index contributed by atoms with van der Waals surface area (Å²) in [6, 6.07) is 16.7. The molecule has 178 valence electrons. The number of carbonyl (C=O) groups excluding carboxylic acids is 2. The molecule has 2 aromatic carbocycles. The summed E-state index contributed by atoms with van der Waals surface area (Å²) in [4.78, 5) is 25.8. The van der Waals surface area contributed by atoms with Crippen molar-refractivity contribution < 1.29 is 23.5 Å². The van der Waals surface area contributed by atoms with Gasteiger partial charge in [-0.15, -0.1) is 0 Å². The van der Waals surface area contributed by atoms with Crippen molar-refractivity contribution in [1.82, 2.24) is 9.78 Å². The lowest BCUT2D eigenvalue weighted by Gasteiger charge is -2.33. The van der Waals surface area contributed by atoms with E-state index in [0.717, 1.165) is 43.4 Å². The molecule has 0 bridgehead atoms. The Bertz CT molecular complexity index is 1130. The summed E-state index contributed by atoms with van der Waals surface area (Å²) < 4.78 is 26.4. The smallest absolute Gasteiger partial charge is 0.413 e. The van der Waals surface area contributed by atoms with E-state index < -0.39 is 18.0 Å². The van der Waals surface area contributed by atoms with Crippen LogP contribution < -0.4 is 10.2 Å². The lowest BCUT2D eigenvalue weighted by Crippen LogP contribution is -2.37. The Morgan fingerprint density at radius 1 is 1.06 bits per heavy atom. The van der Waals surface area contributed by atoms with Crippen LogP contribution in [0.5, 0.6) is 0 Å². The van der Waals surface area contributed by atoms with Gasteiger partial charge in [0, 0.05) is 38.5 Å². The molecule has 0 spiro atoms. The SMILES string of the molecule is CC(=O)OC1CCN(c2ccc(-n3ncc(F)c3NC(=O)OC(C)c3ccccc3)cc2)CC1. The number of anilines is 2. The second-order valence-electron chi connectivity index (χ2n) is 8.15. The number of nitrogens with zero attached hydrogens (tertiary/aromatic N) is 3. The Labute approximate surface area is 197 Å². The quantitative estimate of drug-likeness (QED) is 0.523. The largest absolute Gasteiger partial charge is 0.462 e. The van der Waals surface area contributed by atoms with Crippen molar-refractivity contribution in [3.05, 3.63) is 72.2 Å². The van der Waals surface area contributed by atoms with Crippen LogP contribution in [0.1, 0.15) is 38.4 Å². The van der Waals surface area contributed by atoms with E-state index in [4.69, 9.17) is 9.47 Å². The lowest BCUT2D eigenvalue weighted by molar-refractivity contribution is -0.147. The average molecular weight is 467 g/mol. The molecule has 1 aliphatic heterocycles. The molecule has 1 amide bonds. The fourth-order valence-corrected chi connectivity index (χ4v) is 3.99. The minimum Gasteiger partial charge on any atom is -0.462 e. The summed E-state index contributed by atoms with van der Waals surface area (Å²) in [7, 11) is 0. The van der Waals surface area contributed by atoms with E-state index in [1.165, 1.54) is 11.6 Å². The molecule has 34 heavy (non-hydrogen) atoms. The monoisotopic (exact) mass is 466 g/mol. The maximum atomic E-state index is 14.4. The van der Waals surface area contributed by atoms with Gasteiger partial charge in [0.1, 0.15) is 12.2 Å². The highest BCUT2D eigenvalue weighted by Crippen LogP contribution is 2.25. The van der Waals surface area contributed by atoms with Crippen LogP contribution in [0.4, 0.5) is 20.7 Å². The van der Waals surface area contributed by atoms with Gasteiger partial charge in [0.2, 0.25) is 0 Å². The molecule has 0 aliphatic carbocycles. The number of hydrogen-bond donors (Lipinski definition) is 1. The zero-order valence-electron chi connectivity index (χ0n) is 19.1. The predicted molar refractivity (Wildman–Crippen MR) is 125 cm³/mol. The highest BCUT2D eigenvalue weighted by Gasteiger charge is 2.22. The standard InChI is InChI=1S/C25H27FN4O4/c1-17(19-6-4-3-5-7-19)33-25(32)28-24-23(26)16-27-30(24)21-10-8-20(9-11-21)29-14-12-22(13-15-29)34-18(2)31/h3-11,16-17,22H,12-15H2,1-2H3,(H,28,32). The number of carbonyl (C=O) groups is 2. The Morgan fingerprint density at radius 2 is 1.71 bits per heavy atom. The van der Waals surface area contributed by atoms with Crippen LogP contribution in [-0.4, -0.2) is 41.0 Å². The van der Waals surface area contributed by atoms with E-state index in [1.54, 1.807) is 6.92 Å². The van der Waals surface area contributed by atoms with E-state index in [1.807, 2.05) is 54.6 Å². The third kappa shape index (κ3) is 5.54. The Morgan fingerprint density at radius 3 is 2.35 bits per heavy atom. The van der Waals surface area contributed by atoms with Crippen LogP contribution in [0.25, 0.3) is 5.69 Å².